The van der Waals surface area contributed by atoms with Gasteiger partial charge < -0.3 is 4.90 Å². The Morgan fingerprint density at radius 1 is 1.11 bits per heavy atom. The molecule has 1 aliphatic rings. The third kappa shape index (κ3) is 5.80. The third-order valence-electron chi connectivity index (χ3n) is 6.90. The van der Waals surface area contributed by atoms with E-state index in [1.54, 1.807) is 33.5 Å². The van der Waals surface area contributed by atoms with Gasteiger partial charge in [-0.2, -0.15) is 4.31 Å². The molecule has 3 aromatic rings. The Bertz CT molecular complexity index is 1300. The second-order valence-electron chi connectivity index (χ2n) is 9.59. The van der Waals surface area contributed by atoms with Gasteiger partial charge in [0.1, 0.15) is 0 Å². The SMILES string of the molecule is CCN(CC)CCN(C(=O)c1ccc(S(=O)(=O)N2CCCC(C)C2)cc1)c1nc2ccc(C)cc2s1. The monoisotopic (exact) mass is 528 g/mol. The number of carbonyl (C=O) groups is 1. The lowest BCUT2D eigenvalue weighted by molar-refractivity contribution is 0.0983. The largest absolute Gasteiger partial charge is 0.302 e. The molecule has 0 radical (unpaired) electrons. The smallest absolute Gasteiger partial charge is 0.260 e. The molecule has 1 aliphatic heterocycles. The first kappa shape index (κ1) is 26.7. The summed E-state index contributed by atoms with van der Waals surface area (Å²) in [7, 11) is -3.57. The fourth-order valence-corrected chi connectivity index (χ4v) is 7.33. The van der Waals surface area contributed by atoms with Gasteiger partial charge in [0.05, 0.1) is 15.1 Å². The molecule has 7 nitrogen and oxygen atoms in total. The minimum Gasteiger partial charge on any atom is -0.302 e. The van der Waals surface area contributed by atoms with Crippen molar-refractivity contribution >= 4 is 42.6 Å². The minimum absolute atomic E-state index is 0.173. The number of aromatic nitrogens is 1. The lowest BCUT2D eigenvalue weighted by atomic mass is 10.0. The van der Waals surface area contributed by atoms with Crippen LogP contribution >= 0.6 is 11.3 Å². The number of thiazole rings is 1. The molecule has 2 heterocycles. The molecule has 2 aromatic carbocycles. The molecule has 4 rings (SSSR count). The van der Waals surface area contributed by atoms with Crippen molar-refractivity contribution in [3.8, 4) is 0 Å². The van der Waals surface area contributed by atoms with Crippen LogP contribution in [0.5, 0.6) is 0 Å². The van der Waals surface area contributed by atoms with Crippen LogP contribution in [-0.4, -0.2) is 67.8 Å². The predicted molar refractivity (Wildman–Crippen MR) is 147 cm³/mol. The van der Waals surface area contributed by atoms with Crippen LogP contribution in [0.2, 0.25) is 0 Å². The first-order chi connectivity index (χ1) is 17.2. The van der Waals surface area contributed by atoms with Gasteiger partial charge in [0.2, 0.25) is 10.0 Å². The molecule has 0 N–H and O–H groups in total. The van der Waals surface area contributed by atoms with Crippen molar-refractivity contribution in [2.75, 3.05) is 44.2 Å². The lowest BCUT2D eigenvalue weighted by Crippen LogP contribution is -2.39. The highest BCUT2D eigenvalue weighted by Gasteiger charge is 2.29. The van der Waals surface area contributed by atoms with Crippen molar-refractivity contribution in [1.29, 1.82) is 0 Å². The number of fused-ring (bicyclic) bond motifs is 1. The molecule has 9 heteroatoms. The second kappa shape index (κ2) is 11.4. The van der Waals surface area contributed by atoms with Gasteiger partial charge in [0, 0.05) is 31.7 Å². The molecular formula is C27H36N4O3S2. The van der Waals surface area contributed by atoms with E-state index in [1.807, 2.05) is 19.1 Å². The first-order valence-electron chi connectivity index (χ1n) is 12.7. The van der Waals surface area contributed by atoms with E-state index in [4.69, 9.17) is 4.98 Å². The number of amides is 1. The molecule has 1 aromatic heterocycles. The average Bonchev–Trinajstić information content (AvgIpc) is 3.29. The van der Waals surface area contributed by atoms with E-state index in [-0.39, 0.29) is 10.8 Å². The van der Waals surface area contributed by atoms with Crippen LogP contribution in [-0.2, 0) is 10.0 Å². The summed E-state index contributed by atoms with van der Waals surface area (Å²) in [6.07, 6.45) is 1.92. The number of nitrogens with zero attached hydrogens (tertiary/aromatic N) is 4. The summed E-state index contributed by atoms with van der Waals surface area (Å²) in [5.74, 6) is 0.180. The van der Waals surface area contributed by atoms with Crippen LogP contribution in [0.15, 0.2) is 47.4 Å². The fraction of sp³-hybridized carbons (Fsp3) is 0.481. The molecule has 0 bridgehead atoms. The van der Waals surface area contributed by atoms with Crippen molar-refractivity contribution in [3.05, 3.63) is 53.6 Å². The molecule has 1 amide bonds. The summed E-state index contributed by atoms with van der Waals surface area (Å²) in [6.45, 7) is 12.5. The van der Waals surface area contributed by atoms with Crippen molar-refractivity contribution in [2.24, 2.45) is 5.92 Å². The van der Waals surface area contributed by atoms with Gasteiger partial charge in [0.25, 0.3) is 5.91 Å². The number of benzene rings is 2. The summed E-state index contributed by atoms with van der Waals surface area (Å²) >= 11 is 1.51. The Balaban J connectivity index is 1.61. The highest BCUT2D eigenvalue weighted by Crippen LogP contribution is 2.31. The van der Waals surface area contributed by atoms with Crippen LogP contribution in [0.25, 0.3) is 10.2 Å². The summed E-state index contributed by atoms with van der Waals surface area (Å²) in [5, 5.41) is 0.659. The number of hydrogen-bond acceptors (Lipinski definition) is 6. The number of carbonyl (C=O) groups excluding carboxylic acids is 1. The van der Waals surface area contributed by atoms with Gasteiger partial charge in [0.15, 0.2) is 5.13 Å². The van der Waals surface area contributed by atoms with Crippen LogP contribution < -0.4 is 4.90 Å². The molecule has 1 unspecified atom stereocenters. The van der Waals surface area contributed by atoms with Gasteiger partial charge in [-0.1, -0.05) is 38.2 Å². The summed E-state index contributed by atoms with van der Waals surface area (Å²) in [4.78, 5) is 22.7. The number of likely N-dealkylation sites (N-methyl/N-ethyl adjacent to an activating group) is 1. The third-order valence-corrected chi connectivity index (χ3v) is 9.82. The zero-order chi connectivity index (χ0) is 25.9. The van der Waals surface area contributed by atoms with Crippen LogP contribution in [0, 0.1) is 12.8 Å². The van der Waals surface area contributed by atoms with E-state index in [9.17, 15) is 13.2 Å². The highest BCUT2D eigenvalue weighted by atomic mass is 32.2. The van der Waals surface area contributed by atoms with Crippen LogP contribution in [0.3, 0.4) is 0 Å². The zero-order valence-electron chi connectivity index (χ0n) is 21.6. The Hall–Kier alpha value is -2.33. The summed E-state index contributed by atoms with van der Waals surface area (Å²) in [6, 6.07) is 12.5. The minimum atomic E-state index is -3.57. The molecule has 0 spiro atoms. The standard InChI is InChI=1S/C27H36N4O3S2/c1-5-29(6-2)16-17-31(27-28-24-14-9-20(3)18-25(24)35-27)26(32)22-10-12-23(13-11-22)36(33,34)30-15-7-8-21(4)19-30/h9-14,18,21H,5-8,15-17,19H2,1-4H3. The van der Waals surface area contributed by atoms with Crippen molar-refractivity contribution < 1.29 is 13.2 Å². The van der Waals surface area contributed by atoms with E-state index >= 15 is 0 Å². The maximum atomic E-state index is 13.7. The normalized spacial score (nSPS) is 17.1. The fourth-order valence-electron chi connectivity index (χ4n) is 4.64. The molecule has 1 saturated heterocycles. The molecule has 36 heavy (non-hydrogen) atoms. The molecule has 194 valence electrons. The number of rotatable bonds is 9. The maximum absolute atomic E-state index is 13.7. The quantitative estimate of drug-likeness (QED) is 0.390. The number of anilines is 1. The molecular weight excluding hydrogens is 492 g/mol. The molecule has 0 aliphatic carbocycles. The van der Waals surface area contributed by atoms with Crippen molar-refractivity contribution in [3.63, 3.8) is 0 Å². The molecule has 0 saturated carbocycles. The van der Waals surface area contributed by atoms with E-state index in [2.05, 4.69) is 31.7 Å². The zero-order valence-corrected chi connectivity index (χ0v) is 23.2. The highest BCUT2D eigenvalue weighted by molar-refractivity contribution is 7.89. The van der Waals surface area contributed by atoms with Crippen molar-refractivity contribution in [2.45, 2.75) is 45.4 Å². The van der Waals surface area contributed by atoms with Gasteiger partial charge >= 0.3 is 0 Å². The number of piperidine rings is 1. The molecule has 1 fully saturated rings. The van der Waals surface area contributed by atoms with E-state index in [0.29, 0.717) is 36.2 Å². The van der Waals surface area contributed by atoms with Gasteiger partial charge in [-0.25, -0.2) is 13.4 Å². The van der Waals surface area contributed by atoms with Crippen molar-refractivity contribution in [1.82, 2.24) is 14.2 Å². The van der Waals surface area contributed by atoms with E-state index in [0.717, 1.165) is 48.3 Å². The van der Waals surface area contributed by atoms with Crippen LogP contribution in [0.4, 0.5) is 5.13 Å². The van der Waals surface area contributed by atoms with Crippen LogP contribution in [0.1, 0.15) is 49.5 Å². The van der Waals surface area contributed by atoms with E-state index < -0.39 is 10.0 Å². The Kier molecular flexibility index (Phi) is 8.44. The van der Waals surface area contributed by atoms with Gasteiger partial charge in [-0.3, -0.25) is 9.69 Å². The van der Waals surface area contributed by atoms with Gasteiger partial charge in [-0.15, -0.1) is 0 Å². The number of aryl methyl sites for hydroxylation is 1. The molecule has 1 atom stereocenters. The topological polar surface area (TPSA) is 73.8 Å². The summed E-state index contributed by atoms with van der Waals surface area (Å²) in [5.41, 5.74) is 2.48. The average molecular weight is 529 g/mol. The lowest BCUT2D eigenvalue weighted by Gasteiger charge is -2.30. The Labute approximate surface area is 218 Å². The van der Waals surface area contributed by atoms with Gasteiger partial charge in [-0.05, 0) is 80.7 Å². The predicted octanol–water partition coefficient (Wildman–Crippen LogP) is 5.01. The van der Waals surface area contributed by atoms with E-state index in [1.165, 1.54) is 11.3 Å². The maximum Gasteiger partial charge on any atom is 0.260 e. The first-order valence-corrected chi connectivity index (χ1v) is 15.0. The Morgan fingerprint density at radius 2 is 1.83 bits per heavy atom. The second-order valence-corrected chi connectivity index (χ2v) is 12.5. The Morgan fingerprint density at radius 3 is 2.50 bits per heavy atom. The number of hydrogen-bond donors (Lipinski definition) is 0. The summed E-state index contributed by atoms with van der Waals surface area (Å²) < 4.78 is 28.9. The number of sulfonamides is 1.